The molecule has 116 valence electrons. The highest BCUT2D eigenvalue weighted by atomic mass is 16.1. The number of carbonyl (C=O) groups excluding carboxylic acids is 1. The highest BCUT2D eigenvalue weighted by molar-refractivity contribution is 5.90. The second-order valence-corrected chi connectivity index (χ2v) is 6.63. The van der Waals surface area contributed by atoms with E-state index in [2.05, 4.69) is 22.3 Å². The Bertz CT molecular complexity index is 456. The highest BCUT2D eigenvalue weighted by Crippen LogP contribution is 2.22. The van der Waals surface area contributed by atoms with Crippen molar-refractivity contribution in [2.45, 2.75) is 51.5 Å². The van der Waals surface area contributed by atoms with Gasteiger partial charge in [0.15, 0.2) is 0 Å². The van der Waals surface area contributed by atoms with Crippen LogP contribution in [0.3, 0.4) is 0 Å². The predicted molar refractivity (Wildman–Crippen MR) is 88.6 cm³/mol. The van der Waals surface area contributed by atoms with Gasteiger partial charge >= 0.3 is 0 Å². The van der Waals surface area contributed by atoms with Crippen LogP contribution in [0.25, 0.3) is 0 Å². The number of hydrogen-bond acceptors (Lipinski definition) is 3. The van der Waals surface area contributed by atoms with Crippen molar-refractivity contribution in [2.75, 3.05) is 23.3 Å². The van der Waals surface area contributed by atoms with Gasteiger partial charge in [0.25, 0.3) is 0 Å². The number of amides is 1. The maximum absolute atomic E-state index is 11.9. The van der Waals surface area contributed by atoms with E-state index in [0.29, 0.717) is 12.8 Å². The van der Waals surface area contributed by atoms with E-state index in [1.165, 1.54) is 24.9 Å². The van der Waals surface area contributed by atoms with Gasteiger partial charge in [0.1, 0.15) is 0 Å². The van der Waals surface area contributed by atoms with Crippen LogP contribution in [0, 0.1) is 0 Å². The molecule has 0 aliphatic carbocycles. The van der Waals surface area contributed by atoms with Gasteiger partial charge in [-0.1, -0.05) is 0 Å². The molecule has 1 heterocycles. The third kappa shape index (κ3) is 5.38. The Labute approximate surface area is 127 Å². The molecular formula is C17H27N3O. The normalized spacial score (nSPS) is 15.9. The number of benzene rings is 1. The third-order valence-corrected chi connectivity index (χ3v) is 3.87. The van der Waals surface area contributed by atoms with Crippen LogP contribution in [0.15, 0.2) is 24.3 Å². The molecular weight excluding hydrogens is 262 g/mol. The highest BCUT2D eigenvalue weighted by Gasteiger charge is 2.14. The van der Waals surface area contributed by atoms with Gasteiger partial charge in [-0.3, -0.25) is 4.79 Å². The molecule has 1 aromatic rings. The van der Waals surface area contributed by atoms with Crippen LogP contribution in [0.4, 0.5) is 11.4 Å². The van der Waals surface area contributed by atoms with Crippen molar-refractivity contribution in [3.05, 3.63) is 24.3 Å². The summed E-state index contributed by atoms with van der Waals surface area (Å²) < 4.78 is 0. The number of hydrogen-bond donors (Lipinski definition) is 2. The Morgan fingerprint density at radius 2 is 1.81 bits per heavy atom. The van der Waals surface area contributed by atoms with E-state index < -0.39 is 0 Å². The first-order chi connectivity index (χ1) is 9.94. The Hall–Kier alpha value is -1.55. The molecule has 1 aromatic carbocycles. The van der Waals surface area contributed by atoms with Crippen molar-refractivity contribution < 1.29 is 4.79 Å². The molecule has 1 aliphatic heterocycles. The molecule has 0 saturated carbocycles. The molecule has 3 N–H and O–H groups in total. The fourth-order valence-corrected chi connectivity index (χ4v) is 2.57. The van der Waals surface area contributed by atoms with Crippen LogP contribution in [0.5, 0.6) is 0 Å². The number of carbonyl (C=O) groups is 1. The molecule has 1 amide bonds. The van der Waals surface area contributed by atoms with Gasteiger partial charge in [-0.25, -0.2) is 0 Å². The summed E-state index contributed by atoms with van der Waals surface area (Å²) in [4.78, 5) is 14.3. The Morgan fingerprint density at radius 1 is 1.19 bits per heavy atom. The smallest absolute Gasteiger partial charge is 0.224 e. The van der Waals surface area contributed by atoms with Gasteiger partial charge in [-0.15, -0.1) is 0 Å². The van der Waals surface area contributed by atoms with Crippen molar-refractivity contribution in [2.24, 2.45) is 5.73 Å². The van der Waals surface area contributed by atoms with E-state index in [-0.39, 0.29) is 11.4 Å². The van der Waals surface area contributed by atoms with E-state index in [1.54, 1.807) is 0 Å². The van der Waals surface area contributed by atoms with Crippen LogP contribution in [-0.4, -0.2) is 24.5 Å². The summed E-state index contributed by atoms with van der Waals surface area (Å²) in [6, 6.07) is 8.15. The number of rotatable bonds is 5. The minimum absolute atomic E-state index is 0.0271. The van der Waals surface area contributed by atoms with Gasteiger partial charge < -0.3 is 16.0 Å². The first kappa shape index (κ1) is 15.8. The van der Waals surface area contributed by atoms with E-state index in [9.17, 15) is 4.79 Å². The average Bonchev–Trinajstić information content (AvgIpc) is 2.46. The molecule has 4 heteroatoms. The largest absolute Gasteiger partial charge is 0.372 e. The van der Waals surface area contributed by atoms with Crippen LogP contribution >= 0.6 is 0 Å². The molecule has 0 spiro atoms. The van der Waals surface area contributed by atoms with Crippen molar-refractivity contribution in [1.29, 1.82) is 0 Å². The minimum atomic E-state index is -0.296. The first-order valence-electron chi connectivity index (χ1n) is 7.88. The summed E-state index contributed by atoms with van der Waals surface area (Å²) in [5, 5.41) is 2.93. The molecule has 1 aliphatic rings. The summed E-state index contributed by atoms with van der Waals surface area (Å²) >= 11 is 0. The summed E-state index contributed by atoms with van der Waals surface area (Å²) in [5.74, 6) is 0.0271. The number of piperidine rings is 1. The Morgan fingerprint density at radius 3 is 2.38 bits per heavy atom. The number of nitrogens with one attached hydrogen (secondary N) is 1. The first-order valence-corrected chi connectivity index (χ1v) is 7.88. The lowest BCUT2D eigenvalue weighted by molar-refractivity contribution is -0.116. The Kier molecular flexibility index (Phi) is 5.23. The van der Waals surface area contributed by atoms with Crippen molar-refractivity contribution in [3.63, 3.8) is 0 Å². The van der Waals surface area contributed by atoms with Crippen LogP contribution in [-0.2, 0) is 4.79 Å². The minimum Gasteiger partial charge on any atom is -0.372 e. The molecule has 4 nitrogen and oxygen atoms in total. The summed E-state index contributed by atoms with van der Waals surface area (Å²) in [6.45, 7) is 6.15. The van der Waals surface area contributed by atoms with Crippen molar-refractivity contribution in [1.82, 2.24) is 0 Å². The van der Waals surface area contributed by atoms with Gasteiger partial charge in [0.2, 0.25) is 5.91 Å². The topological polar surface area (TPSA) is 58.4 Å². The zero-order valence-corrected chi connectivity index (χ0v) is 13.2. The van der Waals surface area contributed by atoms with Gasteiger partial charge in [0, 0.05) is 36.4 Å². The van der Waals surface area contributed by atoms with Crippen molar-refractivity contribution >= 4 is 17.3 Å². The lowest BCUT2D eigenvalue weighted by Gasteiger charge is -2.28. The maximum atomic E-state index is 11.9. The van der Waals surface area contributed by atoms with Crippen LogP contribution in [0.2, 0.25) is 0 Å². The van der Waals surface area contributed by atoms with Crippen LogP contribution < -0.4 is 16.0 Å². The molecule has 2 rings (SSSR count). The monoisotopic (exact) mass is 289 g/mol. The van der Waals surface area contributed by atoms with Crippen LogP contribution in [0.1, 0.15) is 46.0 Å². The molecule has 0 unspecified atom stereocenters. The van der Waals surface area contributed by atoms with Gasteiger partial charge in [-0.05, 0) is 63.8 Å². The number of anilines is 2. The molecule has 21 heavy (non-hydrogen) atoms. The van der Waals surface area contributed by atoms with Gasteiger partial charge in [0.05, 0.1) is 0 Å². The van der Waals surface area contributed by atoms with Gasteiger partial charge in [-0.2, -0.15) is 0 Å². The van der Waals surface area contributed by atoms with Crippen molar-refractivity contribution in [3.8, 4) is 0 Å². The third-order valence-electron chi connectivity index (χ3n) is 3.87. The molecule has 0 aromatic heterocycles. The number of nitrogens with two attached hydrogens (primary N) is 1. The zero-order chi connectivity index (χ0) is 15.3. The van der Waals surface area contributed by atoms with E-state index in [0.717, 1.165) is 18.8 Å². The standard InChI is InChI=1S/C17H27N3O/c1-17(2,18)11-10-16(21)19-14-6-8-15(9-7-14)20-12-4-3-5-13-20/h6-9H,3-5,10-13,18H2,1-2H3,(H,19,21). The fourth-order valence-electron chi connectivity index (χ4n) is 2.57. The summed E-state index contributed by atoms with van der Waals surface area (Å²) in [6.07, 6.45) is 5.02. The Balaban J connectivity index is 1.85. The average molecular weight is 289 g/mol. The lowest BCUT2D eigenvalue weighted by atomic mass is 10.00. The van der Waals surface area contributed by atoms with E-state index in [1.807, 2.05) is 26.0 Å². The quantitative estimate of drug-likeness (QED) is 0.875. The second-order valence-electron chi connectivity index (χ2n) is 6.63. The molecule has 0 bridgehead atoms. The summed E-state index contributed by atoms with van der Waals surface area (Å²) in [7, 11) is 0. The number of nitrogens with zero attached hydrogens (tertiary/aromatic N) is 1. The fraction of sp³-hybridized carbons (Fsp3) is 0.588. The van der Waals surface area contributed by atoms with E-state index >= 15 is 0 Å². The lowest BCUT2D eigenvalue weighted by Crippen LogP contribution is -2.33. The zero-order valence-electron chi connectivity index (χ0n) is 13.2. The summed E-state index contributed by atoms with van der Waals surface area (Å²) in [5.41, 5.74) is 7.70. The molecule has 0 atom stereocenters. The van der Waals surface area contributed by atoms with E-state index in [4.69, 9.17) is 5.73 Å². The molecule has 0 radical (unpaired) electrons. The maximum Gasteiger partial charge on any atom is 0.224 e. The SMILES string of the molecule is CC(C)(N)CCC(=O)Nc1ccc(N2CCCCC2)cc1. The molecule has 1 fully saturated rings. The predicted octanol–water partition coefficient (Wildman–Crippen LogP) is 3.13. The second kappa shape index (κ2) is 6.94. The molecule has 1 saturated heterocycles.